The second-order valence-electron chi connectivity index (χ2n) is 5.83. The van der Waals surface area contributed by atoms with Crippen molar-refractivity contribution in [3.63, 3.8) is 0 Å². The van der Waals surface area contributed by atoms with Crippen LogP contribution in [0.4, 0.5) is 5.69 Å². The van der Waals surface area contributed by atoms with E-state index in [-0.39, 0.29) is 16.8 Å². The summed E-state index contributed by atoms with van der Waals surface area (Å²) < 4.78 is 2.10. The van der Waals surface area contributed by atoms with E-state index in [0.717, 1.165) is 29.4 Å². The first kappa shape index (κ1) is 17.0. The third-order valence-corrected chi connectivity index (χ3v) is 5.11. The monoisotopic (exact) mass is 386 g/mol. The van der Waals surface area contributed by atoms with Gasteiger partial charge in [0, 0.05) is 30.2 Å². The van der Waals surface area contributed by atoms with Gasteiger partial charge >= 0.3 is 0 Å². The number of rotatable bonds is 6. The predicted molar refractivity (Wildman–Crippen MR) is 100 cm³/mol. The fourth-order valence-corrected chi connectivity index (χ4v) is 3.50. The van der Waals surface area contributed by atoms with E-state index in [4.69, 9.17) is 11.6 Å². The van der Waals surface area contributed by atoms with Crippen molar-refractivity contribution in [2.75, 3.05) is 11.1 Å². The van der Waals surface area contributed by atoms with Gasteiger partial charge in [-0.2, -0.15) is 0 Å². The second kappa shape index (κ2) is 7.43. The normalized spacial score (nSPS) is 13.6. The Morgan fingerprint density at radius 1 is 1.27 bits per heavy atom. The number of carbonyl (C=O) groups excluding carboxylic acids is 1. The maximum Gasteiger partial charge on any atom is 0.234 e. The quantitative estimate of drug-likeness (QED) is 0.515. The molecular weight excluding hydrogens is 372 g/mol. The molecule has 3 aromatic rings. The van der Waals surface area contributed by atoms with Crippen LogP contribution in [0.25, 0.3) is 11.4 Å². The van der Waals surface area contributed by atoms with Gasteiger partial charge in [0.15, 0.2) is 16.1 Å². The topological polar surface area (TPSA) is 85.6 Å². The minimum absolute atomic E-state index is 0.168. The van der Waals surface area contributed by atoms with Gasteiger partial charge in [-0.05, 0) is 37.1 Å². The molecule has 26 heavy (non-hydrogen) atoms. The summed E-state index contributed by atoms with van der Waals surface area (Å²) in [6.07, 6.45) is 7.26. The molecule has 9 heteroatoms. The molecule has 3 heterocycles. The summed E-state index contributed by atoms with van der Waals surface area (Å²) >= 11 is 7.32. The highest BCUT2D eigenvalue weighted by atomic mass is 35.5. The number of carbonyl (C=O) groups is 1. The van der Waals surface area contributed by atoms with Crippen LogP contribution in [0.5, 0.6) is 0 Å². The second-order valence-corrected chi connectivity index (χ2v) is 7.13. The van der Waals surface area contributed by atoms with Crippen LogP contribution < -0.4 is 5.32 Å². The van der Waals surface area contributed by atoms with Crippen molar-refractivity contribution in [1.29, 1.82) is 0 Å². The number of hydrogen-bond donors (Lipinski definition) is 1. The first-order valence-corrected chi connectivity index (χ1v) is 9.47. The first-order chi connectivity index (χ1) is 12.7. The molecule has 0 bridgehead atoms. The summed E-state index contributed by atoms with van der Waals surface area (Å²) in [6.45, 7) is 0. The van der Waals surface area contributed by atoms with Crippen LogP contribution >= 0.6 is 23.4 Å². The average molecular weight is 387 g/mol. The number of pyridine rings is 2. The van der Waals surface area contributed by atoms with E-state index < -0.39 is 0 Å². The molecule has 132 valence electrons. The van der Waals surface area contributed by atoms with Gasteiger partial charge in [0.2, 0.25) is 5.91 Å². The molecule has 0 saturated heterocycles. The minimum Gasteiger partial charge on any atom is -0.323 e. The van der Waals surface area contributed by atoms with E-state index >= 15 is 0 Å². The number of nitrogens with zero attached hydrogens (tertiary/aromatic N) is 5. The van der Waals surface area contributed by atoms with Crippen molar-refractivity contribution in [1.82, 2.24) is 24.7 Å². The van der Waals surface area contributed by atoms with Crippen molar-refractivity contribution in [3.8, 4) is 11.4 Å². The Kier molecular flexibility index (Phi) is 4.85. The third kappa shape index (κ3) is 3.71. The highest BCUT2D eigenvalue weighted by molar-refractivity contribution is 7.99. The fraction of sp³-hybridized carbons (Fsp3) is 0.235. The average Bonchev–Trinajstić information content (AvgIpc) is 3.42. The molecule has 1 saturated carbocycles. The molecule has 1 aliphatic carbocycles. The largest absolute Gasteiger partial charge is 0.323 e. The van der Waals surface area contributed by atoms with Gasteiger partial charge in [0.1, 0.15) is 0 Å². The summed E-state index contributed by atoms with van der Waals surface area (Å²) in [7, 11) is 0. The van der Waals surface area contributed by atoms with Crippen LogP contribution in [0.15, 0.2) is 48.0 Å². The Labute approximate surface area is 159 Å². The van der Waals surface area contributed by atoms with Gasteiger partial charge < -0.3 is 5.32 Å². The Bertz CT molecular complexity index is 928. The minimum atomic E-state index is -0.168. The smallest absolute Gasteiger partial charge is 0.234 e. The zero-order valence-electron chi connectivity index (χ0n) is 13.7. The zero-order chi connectivity index (χ0) is 17.9. The molecule has 0 aromatic carbocycles. The molecule has 0 spiro atoms. The Balaban J connectivity index is 1.48. The molecule has 3 aromatic heterocycles. The van der Waals surface area contributed by atoms with Crippen LogP contribution in [-0.2, 0) is 4.79 Å². The van der Waals surface area contributed by atoms with E-state index in [1.54, 1.807) is 30.7 Å². The molecular formula is C17H15ClN6OS. The summed E-state index contributed by atoms with van der Waals surface area (Å²) in [5, 5.41) is 12.4. The maximum absolute atomic E-state index is 12.2. The number of halogens is 1. The molecule has 4 rings (SSSR count). The summed E-state index contributed by atoms with van der Waals surface area (Å²) in [6, 6.07) is 7.66. The van der Waals surface area contributed by atoms with Crippen LogP contribution in [0.1, 0.15) is 18.9 Å². The lowest BCUT2D eigenvalue weighted by Crippen LogP contribution is -2.15. The lowest BCUT2D eigenvalue weighted by molar-refractivity contribution is -0.113. The van der Waals surface area contributed by atoms with E-state index in [1.807, 2.05) is 12.1 Å². The van der Waals surface area contributed by atoms with Crippen LogP contribution in [-0.4, -0.2) is 36.4 Å². The van der Waals surface area contributed by atoms with E-state index in [1.165, 1.54) is 11.8 Å². The molecule has 0 atom stereocenters. The van der Waals surface area contributed by atoms with Gasteiger partial charge in [-0.3, -0.25) is 14.3 Å². The van der Waals surface area contributed by atoms with Crippen molar-refractivity contribution >= 4 is 35.0 Å². The van der Waals surface area contributed by atoms with Crippen LogP contribution in [0, 0.1) is 0 Å². The predicted octanol–water partition coefficient (Wildman–Crippen LogP) is 3.45. The Morgan fingerprint density at radius 2 is 2.12 bits per heavy atom. The number of anilines is 1. The fourth-order valence-electron chi connectivity index (χ4n) is 2.52. The SMILES string of the molecule is O=C(CSc1nnc(-c2cccnc2)n1C1CC1)Nc1cccnc1Cl. The molecule has 7 nitrogen and oxygen atoms in total. The summed E-state index contributed by atoms with van der Waals surface area (Å²) in [4.78, 5) is 20.3. The summed E-state index contributed by atoms with van der Waals surface area (Å²) in [5.41, 5.74) is 1.42. The molecule has 0 radical (unpaired) electrons. The number of nitrogens with one attached hydrogen (secondary N) is 1. The Morgan fingerprint density at radius 3 is 2.85 bits per heavy atom. The van der Waals surface area contributed by atoms with Crippen molar-refractivity contribution < 1.29 is 4.79 Å². The van der Waals surface area contributed by atoms with Crippen LogP contribution in [0.3, 0.4) is 0 Å². The molecule has 0 unspecified atom stereocenters. The van der Waals surface area contributed by atoms with Crippen molar-refractivity contribution in [2.24, 2.45) is 0 Å². The number of thioether (sulfide) groups is 1. The molecule has 1 fully saturated rings. The van der Waals surface area contributed by atoms with Gasteiger partial charge in [-0.15, -0.1) is 10.2 Å². The van der Waals surface area contributed by atoms with Gasteiger partial charge in [0.05, 0.1) is 11.4 Å². The Hall–Kier alpha value is -2.45. The lowest BCUT2D eigenvalue weighted by Gasteiger charge is -2.09. The molecule has 1 aliphatic rings. The highest BCUT2D eigenvalue weighted by Gasteiger charge is 2.30. The molecule has 0 aliphatic heterocycles. The number of hydrogen-bond acceptors (Lipinski definition) is 6. The first-order valence-electron chi connectivity index (χ1n) is 8.11. The lowest BCUT2D eigenvalue weighted by atomic mass is 10.3. The van der Waals surface area contributed by atoms with Crippen molar-refractivity contribution in [2.45, 2.75) is 24.0 Å². The number of amides is 1. The summed E-state index contributed by atoms with van der Waals surface area (Å²) in [5.74, 6) is 0.834. The maximum atomic E-state index is 12.2. The zero-order valence-corrected chi connectivity index (χ0v) is 15.2. The molecule has 1 N–H and O–H groups in total. The van der Waals surface area contributed by atoms with E-state index in [2.05, 4.69) is 30.0 Å². The van der Waals surface area contributed by atoms with Gasteiger partial charge in [0.25, 0.3) is 0 Å². The van der Waals surface area contributed by atoms with Crippen molar-refractivity contribution in [3.05, 3.63) is 48.0 Å². The number of aromatic nitrogens is 5. The van der Waals surface area contributed by atoms with E-state index in [9.17, 15) is 4.79 Å². The molecule has 1 amide bonds. The third-order valence-electron chi connectivity index (χ3n) is 3.86. The van der Waals surface area contributed by atoms with Gasteiger partial charge in [-0.25, -0.2) is 4.98 Å². The van der Waals surface area contributed by atoms with Gasteiger partial charge in [-0.1, -0.05) is 23.4 Å². The standard InChI is InChI=1S/C17H15ClN6OS/c18-15-13(4-2-8-20-15)21-14(25)10-26-17-23-22-16(24(17)12-5-6-12)11-3-1-7-19-9-11/h1-4,7-9,12H,5-6,10H2,(H,21,25). The highest BCUT2D eigenvalue weighted by Crippen LogP contribution is 2.40. The van der Waals surface area contributed by atoms with Crippen LogP contribution in [0.2, 0.25) is 5.15 Å². The van der Waals surface area contributed by atoms with E-state index in [0.29, 0.717) is 11.7 Å².